The highest BCUT2D eigenvalue weighted by molar-refractivity contribution is 5.50. The van der Waals surface area contributed by atoms with Crippen LogP contribution in [0.4, 0.5) is 0 Å². The van der Waals surface area contributed by atoms with Gasteiger partial charge in [0.05, 0.1) is 0 Å². The molecule has 1 fully saturated rings. The van der Waals surface area contributed by atoms with Crippen LogP contribution in [0, 0.1) is 6.92 Å². The summed E-state index contributed by atoms with van der Waals surface area (Å²) in [6.07, 6.45) is 4.90. The monoisotopic (exact) mass is 285 g/mol. The summed E-state index contributed by atoms with van der Waals surface area (Å²) < 4.78 is 2.00. The summed E-state index contributed by atoms with van der Waals surface area (Å²) in [5, 5.41) is 0. The Bertz CT molecular complexity index is 631. The Balaban J connectivity index is 1.91. The number of likely N-dealkylation sites (tertiary alicyclic amines) is 1. The standard InChI is InChI=1S/C16H23N5/c1-11(2)21-7-5-13(10-21)15-18-12(3)9-14(19-15)16-17-6-8-20(16)4/h6,8-9,11,13H,5,7,10H2,1-4H3/t13-/m1/s1. The summed E-state index contributed by atoms with van der Waals surface area (Å²) in [5.74, 6) is 2.31. The molecule has 0 unspecified atom stereocenters. The van der Waals surface area contributed by atoms with Gasteiger partial charge in [-0.05, 0) is 39.8 Å². The lowest BCUT2D eigenvalue weighted by molar-refractivity contribution is 0.272. The maximum atomic E-state index is 4.79. The Kier molecular flexibility index (Phi) is 3.76. The van der Waals surface area contributed by atoms with Crippen molar-refractivity contribution in [1.82, 2.24) is 24.4 Å². The highest BCUT2D eigenvalue weighted by Crippen LogP contribution is 2.27. The third-order valence-corrected chi connectivity index (χ3v) is 4.24. The van der Waals surface area contributed by atoms with Gasteiger partial charge >= 0.3 is 0 Å². The Morgan fingerprint density at radius 2 is 2.10 bits per heavy atom. The summed E-state index contributed by atoms with van der Waals surface area (Å²) in [5.41, 5.74) is 1.94. The molecule has 0 N–H and O–H groups in total. The van der Waals surface area contributed by atoms with E-state index in [0.717, 1.165) is 42.5 Å². The molecule has 5 nitrogen and oxygen atoms in total. The van der Waals surface area contributed by atoms with E-state index in [0.29, 0.717) is 12.0 Å². The summed E-state index contributed by atoms with van der Waals surface area (Å²) in [7, 11) is 2.00. The minimum atomic E-state index is 0.436. The molecule has 5 heteroatoms. The van der Waals surface area contributed by atoms with E-state index in [-0.39, 0.29) is 0 Å². The molecule has 1 atom stereocenters. The molecule has 0 saturated carbocycles. The highest BCUT2D eigenvalue weighted by atomic mass is 15.2. The molecular weight excluding hydrogens is 262 g/mol. The summed E-state index contributed by atoms with van der Waals surface area (Å²) in [6.45, 7) is 8.73. The second-order valence-corrected chi connectivity index (χ2v) is 6.19. The molecule has 0 spiro atoms. The predicted octanol–water partition coefficient (Wildman–Crippen LogP) is 2.38. The fourth-order valence-electron chi connectivity index (χ4n) is 2.97. The summed E-state index contributed by atoms with van der Waals surface area (Å²) >= 11 is 0. The largest absolute Gasteiger partial charge is 0.333 e. The first-order valence-corrected chi connectivity index (χ1v) is 7.62. The first-order chi connectivity index (χ1) is 10.0. The second-order valence-electron chi connectivity index (χ2n) is 6.19. The molecule has 1 aliphatic heterocycles. The zero-order chi connectivity index (χ0) is 15.0. The van der Waals surface area contributed by atoms with Gasteiger partial charge in [-0.15, -0.1) is 0 Å². The molecule has 0 aromatic carbocycles. The van der Waals surface area contributed by atoms with E-state index in [9.17, 15) is 0 Å². The molecule has 21 heavy (non-hydrogen) atoms. The maximum absolute atomic E-state index is 4.79. The minimum absolute atomic E-state index is 0.436. The van der Waals surface area contributed by atoms with Crippen LogP contribution in [-0.4, -0.2) is 43.6 Å². The average Bonchev–Trinajstić information content (AvgIpc) is 3.06. The molecular formula is C16H23N5. The quantitative estimate of drug-likeness (QED) is 0.868. The zero-order valence-electron chi connectivity index (χ0n) is 13.2. The van der Waals surface area contributed by atoms with Crippen molar-refractivity contribution in [2.45, 2.75) is 39.2 Å². The van der Waals surface area contributed by atoms with E-state index in [1.54, 1.807) is 0 Å². The second kappa shape index (κ2) is 5.56. The van der Waals surface area contributed by atoms with Crippen molar-refractivity contribution in [2.24, 2.45) is 7.05 Å². The first kappa shape index (κ1) is 14.2. The van der Waals surface area contributed by atoms with Gasteiger partial charge in [0.2, 0.25) is 0 Å². The molecule has 1 saturated heterocycles. The van der Waals surface area contributed by atoms with Gasteiger partial charge in [0, 0.05) is 43.6 Å². The van der Waals surface area contributed by atoms with Crippen LogP contribution in [0.3, 0.4) is 0 Å². The lowest BCUT2D eigenvalue weighted by Gasteiger charge is -2.20. The van der Waals surface area contributed by atoms with Crippen LogP contribution in [0.1, 0.15) is 37.7 Å². The smallest absolute Gasteiger partial charge is 0.158 e. The lowest BCUT2D eigenvalue weighted by Crippen LogP contribution is -2.28. The van der Waals surface area contributed by atoms with E-state index >= 15 is 0 Å². The number of hydrogen-bond acceptors (Lipinski definition) is 4. The Hall–Kier alpha value is -1.75. The fraction of sp³-hybridized carbons (Fsp3) is 0.562. The van der Waals surface area contributed by atoms with E-state index in [4.69, 9.17) is 4.98 Å². The number of aromatic nitrogens is 4. The molecule has 3 heterocycles. The van der Waals surface area contributed by atoms with Gasteiger partial charge in [-0.1, -0.05) is 0 Å². The lowest BCUT2D eigenvalue weighted by atomic mass is 10.1. The molecule has 2 aromatic rings. The number of aryl methyl sites for hydroxylation is 2. The average molecular weight is 285 g/mol. The number of nitrogens with zero attached hydrogens (tertiary/aromatic N) is 5. The van der Waals surface area contributed by atoms with Crippen LogP contribution in [0.25, 0.3) is 11.5 Å². The van der Waals surface area contributed by atoms with Gasteiger partial charge in [-0.25, -0.2) is 15.0 Å². The van der Waals surface area contributed by atoms with Crippen molar-refractivity contribution in [1.29, 1.82) is 0 Å². The Labute approximate surface area is 126 Å². The molecule has 3 rings (SSSR count). The maximum Gasteiger partial charge on any atom is 0.158 e. The van der Waals surface area contributed by atoms with Crippen LogP contribution in [0.5, 0.6) is 0 Å². The van der Waals surface area contributed by atoms with Gasteiger partial charge in [0.1, 0.15) is 11.5 Å². The zero-order valence-corrected chi connectivity index (χ0v) is 13.2. The van der Waals surface area contributed by atoms with Gasteiger partial charge in [-0.2, -0.15) is 0 Å². The SMILES string of the molecule is Cc1cc(-c2nccn2C)nc([C@@H]2CCN(C(C)C)C2)n1. The third-order valence-electron chi connectivity index (χ3n) is 4.24. The van der Waals surface area contributed by atoms with Crippen LogP contribution in [0.2, 0.25) is 0 Å². The third kappa shape index (κ3) is 2.83. The molecule has 0 radical (unpaired) electrons. The number of rotatable bonds is 3. The molecule has 0 amide bonds. The van der Waals surface area contributed by atoms with E-state index in [1.165, 1.54) is 0 Å². The molecule has 2 aromatic heterocycles. The van der Waals surface area contributed by atoms with Crippen molar-refractivity contribution in [3.63, 3.8) is 0 Å². The molecule has 1 aliphatic rings. The van der Waals surface area contributed by atoms with E-state index in [2.05, 4.69) is 28.7 Å². The van der Waals surface area contributed by atoms with Crippen molar-refractivity contribution in [3.05, 3.63) is 30.0 Å². The van der Waals surface area contributed by atoms with Gasteiger partial charge in [-0.3, -0.25) is 0 Å². The summed E-state index contributed by atoms with van der Waals surface area (Å²) in [6, 6.07) is 2.61. The summed E-state index contributed by atoms with van der Waals surface area (Å²) in [4.78, 5) is 16.4. The molecule has 0 aliphatic carbocycles. The van der Waals surface area contributed by atoms with Crippen molar-refractivity contribution in [3.8, 4) is 11.5 Å². The van der Waals surface area contributed by atoms with Gasteiger partial charge in [0.25, 0.3) is 0 Å². The van der Waals surface area contributed by atoms with Gasteiger partial charge in [0.15, 0.2) is 5.82 Å². The van der Waals surface area contributed by atoms with Crippen LogP contribution in [0.15, 0.2) is 18.5 Å². The van der Waals surface area contributed by atoms with Crippen LogP contribution >= 0.6 is 0 Å². The molecule has 112 valence electrons. The van der Waals surface area contributed by atoms with Crippen molar-refractivity contribution in [2.75, 3.05) is 13.1 Å². The molecule has 0 bridgehead atoms. The van der Waals surface area contributed by atoms with E-state index < -0.39 is 0 Å². The first-order valence-electron chi connectivity index (χ1n) is 7.62. The van der Waals surface area contributed by atoms with Crippen molar-refractivity contribution < 1.29 is 0 Å². The van der Waals surface area contributed by atoms with Crippen molar-refractivity contribution >= 4 is 0 Å². The number of hydrogen-bond donors (Lipinski definition) is 0. The fourth-order valence-corrected chi connectivity index (χ4v) is 2.97. The predicted molar refractivity (Wildman–Crippen MR) is 83.0 cm³/mol. The normalized spacial score (nSPS) is 19.6. The Morgan fingerprint density at radius 1 is 1.29 bits per heavy atom. The van der Waals surface area contributed by atoms with Crippen LogP contribution < -0.4 is 0 Å². The Morgan fingerprint density at radius 3 is 2.71 bits per heavy atom. The van der Waals surface area contributed by atoms with Gasteiger partial charge < -0.3 is 9.47 Å². The minimum Gasteiger partial charge on any atom is -0.333 e. The van der Waals surface area contributed by atoms with Crippen LogP contribution in [-0.2, 0) is 7.05 Å². The topological polar surface area (TPSA) is 46.8 Å². The highest BCUT2D eigenvalue weighted by Gasteiger charge is 2.28. The van der Waals surface area contributed by atoms with E-state index in [1.807, 2.05) is 37.0 Å². The number of imidazole rings is 1.